The number of likely N-dealkylation sites (tertiary alicyclic amines) is 1. The van der Waals surface area contributed by atoms with Crippen LogP contribution in [0.5, 0.6) is 11.5 Å². The Labute approximate surface area is 177 Å². The maximum absolute atomic E-state index is 12.5. The Bertz CT molecular complexity index is 1010. The van der Waals surface area contributed by atoms with E-state index in [0.717, 1.165) is 31.5 Å². The number of ether oxygens (including phenoxy) is 2. The number of fused-ring (bicyclic) bond motifs is 1. The number of nitrogens with zero attached hydrogens (tertiary/aromatic N) is 3. The number of nitrogens with one attached hydrogen (secondary N) is 1. The Morgan fingerprint density at radius 2 is 1.97 bits per heavy atom. The molecule has 9 heteroatoms. The molecule has 0 saturated carbocycles. The van der Waals surface area contributed by atoms with Gasteiger partial charge >= 0.3 is 0 Å². The van der Waals surface area contributed by atoms with Crippen molar-refractivity contribution in [2.24, 2.45) is 0 Å². The van der Waals surface area contributed by atoms with E-state index >= 15 is 0 Å². The van der Waals surface area contributed by atoms with E-state index in [1.807, 2.05) is 29.0 Å². The average Bonchev–Trinajstić information content (AvgIpc) is 3.46. The molecular weight excluding hydrogens is 404 g/mol. The Morgan fingerprint density at radius 3 is 2.77 bits per heavy atom. The van der Waals surface area contributed by atoms with Gasteiger partial charge in [0.25, 0.3) is 0 Å². The number of hydrogen-bond donors (Lipinski definition) is 1. The van der Waals surface area contributed by atoms with Gasteiger partial charge in [0.1, 0.15) is 13.2 Å². The van der Waals surface area contributed by atoms with E-state index in [9.17, 15) is 4.79 Å². The van der Waals surface area contributed by atoms with E-state index in [-0.39, 0.29) is 11.8 Å². The van der Waals surface area contributed by atoms with Crippen molar-refractivity contribution in [3.05, 3.63) is 40.9 Å². The van der Waals surface area contributed by atoms with Crippen LogP contribution in [0.2, 0.25) is 0 Å². The number of hydrogen-bond acceptors (Lipinski definition) is 8. The molecule has 1 N–H and O–H groups in total. The summed E-state index contributed by atoms with van der Waals surface area (Å²) in [6, 6.07) is 7.44. The van der Waals surface area contributed by atoms with E-state index in [0.29, 0.717) is 48.7 Å². The number of aromatic nitrogens is 2. The Balaban J connectivity index is 1.12. The molecule has 0 bridgehead atoms. The number of anilines is 1. The van der Waals surface area contributed by atoms with E-state index in [4.69, 9.17) is 13.9 Å². The molecule has 0 aliphatic carbocycles. The minimum absolute atomic E-state index is 0.0392. The van der Waals surface area contributed by atoms with Crippen LogP contribution in [0.1, 0.15) is 24.7 Å². The standard InChI is InChI=1S/C21H22N4O4S/c26-19(22-16-1-2-17-18(11-16)28-9-8-27-17)12-25-6-3-14(4-7-25)20-23-24-21(29-20)15-5-10-30-13-15/h1-2,5,10-11,13-14H,3-4,6-9,12H2,(H,22,26). The van der Waals surface area contributed by atoms with E-state index < -0.39 is 0 Å². The van der Waals surface area contributed by atoms with Gasteiger partial charge in [-0.3, -0.25) is 9.69 Å². The lowest BCUT2D eigenvalue weighted by atomic mass is 9.97. The first kappa shape index (κ1) is 19.1. The molecule has 5 rings (SSSR count). The summed E-state index contributed by atoms with van der Waals surface area (Å²) in [4.78, 5) is 14.6. The van der Waals surface area contributed by atoms with Crippen molar-refractivity contribution < 1.29 is 18.7 Å². The maximum atomic E-state index is 12.5. The van der Waals surface area contributed by atoms with Gasteiger partial charge in [-0.1, -0.05) is 0 Å². The zero-order valence-corrected chi connectivity index (χ0v) is 17.2. The Kier molecular flexibility index (Phi) is 5.37. The minimum Gasteiger partial charge on any atom is -0.486 e. The quantitative estimate of drug-likeness (QED) is 0.669. The highest BCUT2D eigenvalue weighted by atomic mass is 32.1. The summed E-state index contributed by atoms with van der Waals surface area (Å²) in [7, 11) is 0. The molecule has 8 nitrogen and oxygen atoms in total. The second kappa shape index (κ2) is 8.45. The van der Waals surface area contributed by atoms with Gasteiger partial charge in [-0.05, 0) is 49.5 Å². The molecule has 1 fully saturated rings. The summed E-state index contributed by atoms with van der Waals surface area (Å²) in [6.07, 6.45) is 1.78. The van der Waals surface area contributed by atoms with Crippen LogP contribution >= 0.6 is 11.3 Å². The van der Waals surface area contributed by atoms with Crippen LogP contribution in [0.3, 0.4) is 0 Å². The Hall–Kier alpha value is -2.91. The molecule has 0 unspecified atom stereocenters. The normalized spacial score (nSPS) is 17.1. The summed E-state index contributed by atoms with van der Waals surface area (Å²) >= 11 is 1.61. The monoisotopic (exact) mass is 426 g/mol. The molecule has 3 aromatic rings. The fourth-order valence-electron chi connectivity index (χ4n) is 3.77. The number of piperidine rings is 1. The molecule has 0 radical (unpaired) electrons. The van der Waals surface area contributed by atoms with Crippen molar-refractivity contribution in [3.8, 4) is 23.0 Å². The van der Waals surface area contributed by atoms with Crippen molar-refractivity contribution in [2.45, 2.75) is 18.8 Å². The topological polar surface area (TPSA) is 89.7 Å². The predicted octanol–water partition coefficient (Wildman–Crippen LogP) is 3.39. The summed E-state index contributed by atoms with van der Waals surface area (Å²) in [5, 5.41) is 15.4. The molecule has 30 heavy (non-hydrogen) atoms. The van der Waals surface area contributed by atoms with Crippen molar-refractivity contribution >= 4 is 22.9 Å². The van der Waals surface area contributed by atoms with E-state index in [2.05, 4.69) is 20.4 Å². The zero-order chi connectivity index (χ0) is 20.3. The average molecular weight is 426 g/mol. The third-order valence-corrected chi connectivity index (χ3v) is 6.02. The molecule has 0 atom stereocenters. The molecule has 2 aliphatic heterocycles. The number of carbonyl (C=O) groups is 1. The highest BCUT2D eigenvalue weighted by molar-refractivity contribution is 7.08. The molecule has 0 spiro atoms. The smallest absolute Gasteiger partial charge is 0.248 e. The van der Waals surface area contributed by atoms with Crippen LogP contribution in [0.4, 0.5) is 5.69 Å². The minimum atomic E-state index is -0.0392. The first-order valence-corrected chi connectivity index (χ1v) is 11.0. The largest absolute Gasteiger partial charge is 0.486 e. The van der Waals surface area contributed by atoms with E-state index in [1.54, 1.807) is 17.4 Å². The van der Waals surface area contributed by atoms with Gasteiger partial charge in [0.15, 0.2) is 11.5 Å². The van der Waals surface area contributed by atoms with Crippen molar-refractivity contribution in [3.63, 3.8) is 0 Å². The number of carbonyl (C=O) groups excluding carboxylic acids is 1. The van der Waals surface area contributed by atoms with Crippen LogP contribution in [-0.2, 0) is 4.79 Å². The number of thiophene rings is 1. The Morgan fingerprint density at radius 1 is 1.13 bits per heavy atom. The van der Waals surface area contributed by atoms with Gasteiger partial charge in [0.05, 0.1) is 6.54 Å². The van der Waals surface area contributed by atoms with Crippen LogP contribution in [0.15, 0.2) is 39.4 Å². The van der Waals surface area contributed by atoms with Gasteiger partial charge < -0.3 is 19.2 Å². The highest BCUT2D eigenvalue weighted by Gasteiger charge is 2.26. The molecule has 1 amide bonds. The van der Waals surface area contributed by atoms with Crippen LogP contribution in [-0.4, -0.2) is 53.9 Å². The van der Waals surface area contributed by atoms with Crippen molar-refractivity contribution in [2.75, 3.05) is 38.2 Å². The molecule has 156 valence electrons. The fourth-order valence-corrected chi connectivity index (χ4v) is 4.39. The number of rotatable bonds is 5. The SMILES string of the molecule is O=C(CN1CCC(c2nnc(-c3ccsc3)o2)CC1)Nc1ccc2c(c1)OCCO2. The fraction of sp³-hybridized carbons (Fsp3) is 0.381. The molecule has 4 heterocycles. The second-order valence-electron chi connectivity index (χ2n) is 7.41. The summed E-state index contributed by atoms with van der Waals surface area (Å²) in [6.45, 7) is 3.05. The first-order valence-electron chi connectivity index (χ1n) is 10.0. The molecule has 2 aromatic heterocycles. The first-order chi connectivity index (χ1) is 14.7. The summed E-state index contributed by atoms with van der Waals surface area (Å²) in [5.74, 6) is 2.85. The predicted molar refractivity (Wildman–Crippen MR) is 112 cm³/mol. The van der Waals surface area contributed by atoms with Gasteiger partial charge in [0.2, 0.25) is 17.7 Å². The zero-order valence-electron chi connectivity index (χ0n) is 16.4. The maximum Gasteiger partial charge on any atom is 0.248 e. The number of amides is 1. The molecule has 2 aliphatic rings. The van der Waals surface area contributed by atoms with Crippen molar-refractivity contribution in [1.82, 2.24) is 15.1 Å². The van der Waals surface area contributed by atoms with Gasteiger partial charge in [-0.15, -0.1) is 10.2 Å². The molecule has 1 saturated heterocycles. The van der Waals surface area contributed by atoms with Crippen LogP contribution < -0.4 is 14.8 Å². The van der Waals surface area contributed by atoms with Gasteiger partial charge in [0, 0.05) is 28.6 Å². The molecular formula is C21H22N4O4S. The van der Waals surface area contributed by atoms with E-state index in [1.165, 1.54) is 0 Å². The summed E-state index contributed by atoms with van der Waals surface area (Å²) < 4.78 is 17.0. The van der Waals surface area contributed by atoms with Gasteiger partial charge in [-0.25, -0.2) is 0 Å². The lowest BCUT2D eigenvalue weighted by Gasteiger charge is -2.29. The lowest BCUT2D eigenvalue weighted by Crippen LogP contribution is -2.38. The molecule has 1 aromatic carbocycles. The number of benzene rings is 1. The van der Waals surface area contributed by atoms with Crippen molar-refractivity contribution in [1.29, 1.82) is 0 Å². The van der Waals surface area contributed by atoms with Crippen LogP contribution in [0.25, 0.3) is 11.5 Å². The third kappa shape index (κ3) is 4.17. The van der Waals surface area contributed by atoms with Gasteiger partial charge in [-0.2, -0.15) is 11.3 Å². The second-order valence-corrected chi connectivity index (χ2v) is 8.19. The lowest BCUT2D eigenvalue weighted by molar-refractivity contribution is -0.117. The highest BCUT2D eigenvalue weighted by Crippen LogP contribution is 2.33. The summed E-state index contributed by atoms with van der Waals surface area (Å²) in [5.41, 5.74) is 1.68. The third-order valence-electron chi connectivity index (χ3n) is 5.34. The van der Waals surface area contributed by atoms with Crippen LogP contribution in [0, 0.1) is 0 Å².